The van der Waals surface area contributed by atoms with Gasteiger partial charge in [0.1, 0.15) is 5.15 Å². The van der Waals surface area contributed by atoms with E-state index in [0.717, 1.165) is 42.1 Å². The summed E-state index contributed by atoms with van der Waals surface area (Å²) in [5.74, 6) is 0. The van der Waals surface area contributed by atoms with Crippen molar-refractivity contribution in [3.8, 4) is 0 Å². The lowest BCUT2D eigenvalue weighted by Gasteiger charge is -2.06. The predicted octanol–water partition coefficient (Wildman–Crippen LogP) is 2.48. The monoisotopic (exact) mass is 230 g/mol. The van der Waals surface area contributed by atoms with Crippen molar-refractivity contribution in [2.24, 2.45) is 7.05 Å². The standard InChI is InChI=1S/C11H19ClN2O/c1-4-9(15)6-5-7-10-8(2)13-14(3)11(10)12/h9,15H,4-7H2,1-3H3. The van der Waals surface area contributed by atoms with Crippen LogP contribution in [0, 0.1) is 6.92 Å². The van der Waals surface area contributed by atoms with E-state index in [1.165, 1.54) is 0 Å². The number of nitrogens with zero attached hydrogens (tertiary/aromatic N) is 2. The molecule has 0 fully saturated rings. The SMILES string of the molecule is CCC(O)CCCc1c(C)nn(C)c1Cl. The number of hydrogen-bond acceptors (Lipinski definition) is 2. The Morgan fingerprint density at radius 3 is 2.67 bits per heavy atom. The smallest absolute Gasteiger partial charge is 0.130 e. The van der Waals surface area contributed by atoms with E-state index in [1.54, 1.807) is 4.68 Å². The molecule has 15 heavy (non-hydrogen) atoms. The van der Waals surface area contributed by atoms with Crippen molar-refractivity contribution in [3.63, 3.8) is 0 Å². The van der Waals surface area contributed by atoms with Crippen LogP contribution in [-0.4, -0.2) is 21.0 Å². The average Bonchev–Trinajstić information content (AvgIpc) is 2.44. The van der Waals surface area contributed by atoms with E-state index in [1.807, 2.05) is 20.9 Å². The van der Waals surface area contributed by atoms with Crippen molar-refractivity contribution < 1.29 is 5.11 Å². The van der Waals surface area contributed by atoms with Gasteiger partial charge in [-0.25, -0.2) is 0 Å². The fraction of sp³-hybridized carbons (Fsp3) is 0.727. The first kappa shape index (κ1) is 12.5. The minimum atomic E-state index is -0.180. The van der Waals surface area contributed by atoms with Crippen LogP contribution in [-0.2, 0) is 13.5 Å². The maximum absolute atomic E-state index is 9.43. The van der Waals surface area contributed by atoms with Gasteiger partial charge in [0.15, 0.2) is 0 Å². The van der Waals surface area contributed by atoms with Gasteiger partial charge in [-0.15, -0.1) is 0 Å². The molecule has 0 radical (unpaired) electrons. The first-order valence-electron chi connectivity index (χ1n) is 5.42. The summed E-state index contributed by atoms with van der Waals surface area (Å²) in [7, 11) is 1.85. The van der Waals surface area contributed by atoms with E-state index in [2.05, 4.69) is 5.10 Å². The number of halogens is 1. The molecule has 1 heterocycles. The zero-order valence-corrected chi connectivity index (χ0v) is 10.4. The second-order valence-electron chi connectivity index (χ2n) is 3.93. The van der Waals surface area contributed by atoms with Crippen LogP contribution in [0.3, 0.4) is 0 Å². The molecule has 1 atom stereocenters. The molecule has 86 valence electrons. The molecule has 1 unspecified atom stereocenters. The predicted molar refractivity (Wildman–Crippen MR) is 62.2 cm³/mol. The summed E-state index contributed by atoms with van der Waals surface area (Å²) < 4.78 is 1.70. The molecule has 0 spiro atoms. The first-order valence-corrected chi connectivity index (χ1v) is 5.80. The Morgan fingerprint density at radius 2 is 2.20 bits per heavy atom. The third-order valence-corrected chi connectivity index (χ3v) is 3.18. The molecular weight excluding hydrogens is 212 g/mol. The van der Waals surface area contributed by atoms with E-state index >= 15 is 0 Å². The molecule has 0 saturated carbocycles. The highest BCUT2D eigenvalue weighted by molar-refractivity contribution is 6.30. The Morgan fingerprint density at radius 1 is 1.53 bits per heavy atom. The van der Waals surface area contributed by atoms with Gasteiger partial charge in [0.05, 0.1) is 11.8 Å². The van der Waals surface area contributed by atoms with Gasteiger partial charge < -0.3 is 5.11 Å². The van der Waals surface area contributed by atoms with E-state index < -0.39 is 0 Å². The van der Waals surface area contributed by atoms with Gasteiger partial charge >= 0.3 is 0 Å². The zero-order valence-electron chi connectivity index (χ0n) is 9.63. The Bertz CT molecular complexity index is 323. The molecular formula is C11H19ClN2O. The minimum absolute atomic E-state index is 0.180. The Labute approximate surface area is 96.1 Å². The molecule has 0 aliphatic heterocycles. The highest BCUT2D eigenvalue weighted by Gasteiger charge is 2.11. The van der Waals surface area contributed by atoms with Crippen LogP contribution in [0.1, 0.15) is 37.4 Å². The third-order valence-electron chi connectivity index (χ3n) is 2.71. The van der Waals surface area contributed by atoms with Gasteiger partial charge in [0.25, 0.3) is 0 Å². The highest BCUT2D eigenvalue weighted by atomic mass is 35.5. The number of aliphatic hydroxyl groups is 1. The van der Waals surface area contributed by atoms with Gasteiger partial charge in [-0.1, -0.05) is 18.5 Å². The number of aryl methyl sites for hydroxylation is 2. The molecule has 0 aliphatic carbocycles. The number of hydrogen-bond donors (Lipinski definition) is 1. The van der Waals surface area contributed by atoms with Gasteiger partial charge in [-0.2, -0.15) is 5.10 Å². The highest BCUT2D eigenvalue weighted by Crippen LogP contribution is 2.21. The maximum Gasteiger partial charge on any atom is 0.130 e. The van der Waals surface area contributed by atoms with E-state index in [0.29, 0.717) is 0 Å². The topological polar surface area (TPSA) is 38.1 Å². The minimum Gasteiger partial charge on any atom is -0.393 e. The zero-order chi connectivity index (χ0) is 11.4. The number of rotatable bonds is 5. The van der Waals surface area contributed by atoms with E-state index in [4.69, 9.17) is 11.6 Å². The molecule has 0 saturated heterocycles. The van der Waals surface area contributed by atoms with Gasteiger partial charge in [0.2, 0.25) is 0 Å². The van der Waals surface area contributed by atoms with Crippen LogP contribution in [0.2, 0.25) is 5.15 Å². The van der Waals surface area contributed by atoms with Crippen LogP contribution >= 0.6 is 11.6 Å². The van der Waals surface area contributed by atoms with E-state index in [-0.39, 0.29) is 6.10 Å². The molecule has 0 aliphatic rings. The maximum atomic E-state index is 9.43. The summed E-state index contributed by atoms with van der Waals surface area (Å²) in [4.78, 5) is 0. The molecule has 0 aromatic carbocycles. The Balaban J connectivity index is 2.50. The second-order valence-corrected chi connectivity index (χ2v) is 4.29. The molecule has 4 heteroatoms. The third kappa shape index (κ3) is 3.21. The fourth-order valence-corrected chi connectivity index (χ4v) is 1.95. The first-order chi connectivity index (χ1) is 7.06. The Kier molecular flexibility index (Phi) is 4.61. The van der Waals surface area contributed by atoms with Crippen molar-refractivity contribution in [3.05, 3.63) is 16.4 Å². The molecule has 0 amide bonds. The fourth-order valence-electron chi connectivity index (χ4n) is 1.68. The largest absolute Gasteiger partial charge is 0.393 e. The summed E-state index contributed by atoms with van der Waals surface area (Å²) in [6.07, 6.45) is 3.33. The van der Waals surface area contributed by atoms with Gasteiger partial charge in [0, 0.05) is 12.6 Å². The summed E-state index contributed by atoms with van der Waals surface area (Å²) in [5, 5.41) is 14.4. The van der Waals surface area contributed by atoms with Crippen LogP contribution in [0.5, 0.6) is 0 Å². The molecule has 1 aromatic heterocycles. The lowest BCUT2D eigenvalue weighted by molar-refractivity contribution is 0.157. The van der Waals surface area contributed by atoms with E-state index in [9.17, 15) is 5.11 Å². The quantitative estimate of drug-likeness (QED) is 0.844. The van der Waals surface area contributed by atoms with Crippen molar-refractivity contribution in [2.45, 2.75) is 45.6 Å². The lowest BCUT2D eigenvalue weighted by Crippen LogP contribution is -2.04. The summed E-state index contributed by atoms with van der Waals surface area (Å²) in [6, 6.07) is 0. The number of aliphatic hydroxyl groups excluding tert-OH is 1. The second kappa shape index (κ2) is 5.52. The Hall–Kier alpha value is -0.540. The normalized spacial score (nSPS) is 13.1. The molecule has 1 rings (SSSR count). The summed E-state index contributed by atoms with van der Waals surface area (Å²) >= 11 is 6.10. The molecule has 0 bridgehead atoms. The average molecular weight is 231 g/mol. The van der Waals surface area contributed by atoms with Crippen molar-refractivity contribution in [2.75, 3.05) is 0 Å². The van der Waals surface area contributed by atoms with Crippen molar-refractivity contribution in [1.82, 2.24) is 9.78 Å². The van der Waals surface area contributed by atoms with Gasteiger partial charge in [-0.05, 0) is 32.6 Å². The van der Waals surface area contributed by atoms with Crippen LogP contribution in [0.25, 0.3) is 0 Å². The van der Waals surface area contributed by atoms with Crippen molar-refractivity contribution >= 4 is 11.6 Å². The van der Waals surface area contributed by atoms with Crippen molar-refractivity contribution in [1.29, 1.82) is 0 Å². The van der Waals surface area contributed by atoms with Crippen LogP contribution in [0.4, 0.5) is 0 Å². The van der Waals surface area contributed by atoms with Gasteiger partial charge in [-0.3, -0.25) is 4.68 Å². The van der Waals surface area contributed by atoms with Crippen LogP contribution in [0.15, 0.2) is 0 Å². The summed E-state index contributed by atoms with van der Waals surface area (Å²) in [6.45, 7) is 3.96. The lowest BCUT2D eigenvalue weighted by atomic mass is 10.1. The molecule has 1 aromatic rings. The summed E-state index contributed by atoms with van der Waals surface area (Å²) in [5.41, 5.74) is 2.11. The van der Waals surface area contributed by atoms with Crippen LogP contribution < -0.4 is 0 Å². The number of aromatic nitrogens is 2. The molecule has 1 N–H and O–H groups in total. The molecule has 3 nitrogen and oxygen atoms in total.